The second kappa shape index (κ2) is 7.64. The van der Waals surface area contributed by atoms with Crippen LogP contribution < -0.4 is 5.32 Å². The molecule has 0 bridgehead atoms. The van der Waals surface area contributed by atoms with Gasteiger partial charge in [-0.05, 0) is 25.3 Å². The fraction of sp³-hybridized carbons (Fsp3) is 0.350. The molecule has 3 aliphatic rings. The molecule has 1 aromatic heterocycles. The zero-order chi connectivity index (χ0) is 21.8. The molecule has 2 amide bonds. The number of carboxylic acid groups (broad SMARTS) is 1. The van der Waals surface area contributed by atoms with E-state index in [1.165, 1.54) is 39.8 Å². The van der Waals surface area contributed by atoms with Gasteiger partial charge >= 0.3 is 5.97 Å². The van der Waals surface area contributed by atoms with E-state index in [0.29, 0.717) is 15.0 Å². The zero-order valence-corrected chi connectivity index (χ0v) is 18.9. The van der Waals surface area contributed by atoms with Crippen LogP contribution >= 0.6 is 34.9 Å². The monoisotopic (exact) mass is 474 g/mol. The third-order valence-corrected chi connectivity index (χ3v) is 9.09. The molecule has 8 nitrogen and oxygen atoms in total. The summed E-state index contributed by atoms with van der Waals surface area (Å²) in [4.78, 5) is 39.8. The van der Waals surface area contributed by atoms with Crippen molar-refractivity contribution in [3.05, 3.63) is 51.5 Å². The molecule has 2 atom stereocenters. The van der Waals surface area contributed by atoms with Crippen molar-refractivity contribution in [2.75, 3.05) is 5.75 Å². The lowest BCUT2D eigenvalue weighted by Gasteiger charge is -2.49. The number of aryl methyl sites for hydroxylation is 1. The molecule has 1 aromatic carbocycles. The maximum absolute atomic E-state index is 13.0. The van der Waals surface area contributed by atoms with E-state index in [2.05, 4.69) is 15.5 Å². The average Bonchev–Trinajstić information content (AvgIpc) is 3.48. The van der Waals surface area contributed by atoms with Crippen molar-refractivity contribution in [3.63, 3.8) is 0 Å². The van der Waals surface area contributed by atoms with Crippen LogP contribution in [0.5, 0.6) is 0 Å². The van der Waals surface area contributed by atoms with E-state index in [9.17, 15) is 19.5 Å². The molecule has 1 saturated heterocycles. The number of β-lactam (4-membered cyclic amide) rings is 1. The minimum atomic E-state index is -1.16. The number of carbonyl (C=O) groups excluding carboxylic acids is 2. The second-order valence-corrected chi connectivity index (χ2v) is 11.2. The lowest BCUT2D eigenvalue weighted by molar-refractivity contribution is -0.150. The SMILES string of the molecule is Cc1nnc(SC2=C(C(=O)O)N3C(=O)[C@@H](NC(=O)C4(c5ccccc5)CC4)[C@H]3SC2)s1. The first-order valence-electron chi connectivity index (χ1n) is 9.66. The molecule has 1 saturated carbocycles. The smallest absolute Gasteiger partial charge is 0.353 e. The number of aromatic nitrogens is 2. The number of amides is 2. The summed E-state index contributed by atoms with van der Waals surface area (Å²) in [6, 6.07) is 8.85. The highest BCUT2D eigenvalue weighted by atomic mass is 32.2. The summed E-state index contributed by atoms with van der Waals surface area (Å²) in [7, 11) is 0. The largest absolute Gasteiger partial charge is 0.477 e. The summed E-state index contributed by atoms with van der Waals surface area (Å²) < 4.78 is 0.640. The van der Waals surface area contributed by atoms with Crippen molar-refractivity contribution in [3.8, 4) is 0 Å². The number of benzene rings is 1. The third kappa shape index (κ3) is 3.44. The molecule has 160 valence electrons. The molecule has 2 fully saturated rings. The van der Waals surface area contributed by atoms with Crippen molar-refractivity contribution in [2.45, 2.75) is 40.9 Å². The van der Waals surface area contributed by atoms with Crippen molar-refractivity contribution in [2.24, 2.45) is 0 Å². The van der Waals surface area contributed by atoms with Gasteiger partial charge in [0.15, 0.2) is 4.34 Å². The predicted molar refractivity (Wildman–Crippen MR) is 118 cm³/mol. The van der Waals surface area contributed by atoms with Crippen LogP contribution in [0.25, 0.3) is 0 Å². The molecular weight excluding hydrogens is 456 g/mol. The first kappa shape index (κ1) is 20.5. The number of hydrogen-bond acceptors (Lipinski definition) is 8. The number of fused-ring (bicyclic) bond motifs is 1. The molecule has 3 heterocycles. The van der Waals surface area contributed by atoms with E-state index < -0.39 is 28.7 Å². The Hall–Kier alpha value is -2.37. The summed E-state index contributed by atoms with van der Waals surface area (Å²) in [5.74, 6) is -1.29. The number of carboxylic acids is 1. The second-order valence-electron chi connectivity index (χ2n) is 7.58. The summed E-state index contributed by atoms with van der Waals surface area (Å²) in [5, 5.41) is 21.1. The van der Waals surface area contributed by atoms with Gasteiger partial charge < -0.3 is 10.4 Å². The first-order valence-corrected chi connectivity index (χ1v) is 12.3. The quantitative estimate of drug-likeness (QED) is 0.614. The van der Waals surface area contributed by atoms with Crippen LogP contribution in [0.15, 0.2) is 45.3 Å². The molecule has 0 spiro atoms. The lowest BCUT2D eigenvalue weighted by Crippen LogP contribution is -2.71. The van der Waals surface area contributed by atoms with E-state index in [1.807, 2.05) is 37.3 Å². The van der Waals surface area contributed by atoms with Crippen molar-refractivity contribution < 1.29 is 19.5 Å². The molecule has 11 heteroatoms. The Kier molecular flexibility index (Phi) is 5.06. The fourth-order valence-corrected chi connectivity index (χ4v) is 7.36. The number of carbonyl (C=O) groups is 3. The fourth-order valence-electron chi connectivity index (χ4n) is 3.90. The molecule has 2 N–H and O–H groups in total. The number of thioether (sulfide) groups is 2. The van der Waals surface area contributed by atoms with Gasteiger partial charge in [-0.25, -0.2) is 4.79 Å². The first-order chi connectivity index (χ1) is 14.9. The summed E-state index contributed by atoms with van der Waals surface area (Å²) in [6.07, 6.45) is 1.49. The van der Waals surface area contributed by atoms with Crippen LogP contribution in [-0.4, -0.2) is 55.2 Å². The molecular formula is C20H18N4O4S3. The Morgan fingerprint density at radius 3 is 2.61 bits per heavy atom. The van der Waals surface area contributed by atoms with Crippen LogP contribution in [-0.2, 0) is 19.8 Å². The van der Waals surface area contributed by atoms with E-state index >= 15 is 0 Å². The number of nitrogens with one attached hydrogen (secondary N) is 1. The molecule has 2 aliphatic heterocycles. The predicted octanol–water partition coefficient (Wildman–Crippen LogP) is 2.37. The van der Waals surface area contributed by atoms with Crippen molar-refractivity contribution in [1.82, 2.24) is 20.4 Å². The van der Waals surface area contributed by atoms with E-state index in [-0.39, 0.29) is 11.6 Å². The van der Waals surface area contributed by atoms with Gasteiger partial charge in [0.05, 0.1) is 5.41 Å². The Bertz CT molecular complexity index is 1110. The van der Waals surface area contributed by atoms with Gasteiger partial charge in [-0.15, -0.1) is 22.0 Å². The highest BCUT2D eigenvalue weighted by Crippen LogP contribution is 2.50. The zero-order valence-electron chi connectivity index (χ0n) is 16.4. The average molecular weight is 475 g/mol. The van der Waals surface area contributed by atoms with E-state index in [4.69, 9.17) is 0 Å². The van der Waals surface area contributed by atoms with E-state index in [1.54, 1.807) is 0 Å². The van der Waals surface area contributed by atoms with Crippen LogP contribution in [0.4, 0.5) is 0 Å². The molecule has 0 unspecified atom stereocenters. The van der Waals surface area contributed by atoms with Gasteiger partial charge in [0.25, 0.3) is 5.91 Å². The van der Waals surface area contributed by atoms with Crippen LogP contribution in [0.1, 0.15) is 23.4 Å². The lowest BCUT2D eigenvalue weighted by atomic mass is 9.94. The molecule has 31 heavy (non-hydrogen) atoms. The third-order valence-electron chi connectivity index (χ3n) is 5.65. The van der Waals surface area contributed by atoms with Crippen molar-refractivity contribution >= 4 is 52.6 Å². The number of aliphatic carboxylic acids is 1. The number of nitrogens with zero attached hydrogens (tertiary/aromatic N) is 3. The highest BCUT2D eigenvalue weighted by molar-refractivity contribution is 8.07. The Morgan fingerprint density at radius 1 is 1.26 bits per heavy atom. The molecule has 2 aromatic rings. The minimum absolute atomic E-state index is 0.0266. The maximum atomic E-state index is 13.0. The number of rotatable bonds is 6. The van der Waals surface area contributed by atoms with Gasteiger partial charge in [-0.1, -0.05) is 53.4 Å². The standard InChI is InChI=1S/C20H18N4O4S3/c1-10-22-23-19(30-10)31-12-9-29-16-13(15(25)24(16)14(12)17(26)27)21-18(28)20(7-8-20)11-5-3-2-4-6-11/h2-6,13,16H,7-9H2,1H3,(H,21,28)(H,26,27)/t13-,16-/m1/s1. The summed E-state index contributed by atoms with van der Waals surface area (Å²) in [6.45, 7) is 1.83. The Morgan fingerprint density at radius 2 is 2.00 bits per heavy atom. The molecule has 1 aliphatic carbocycles. The minimum Gasteiger partial charge on any atom is -0.477 e. The van der Waals surface area contributed by atoms with Gasteiger partial charge in [0.2, 0.25) is 5.91 Å². The van der Waals surface area contributed by atoms with Crippen LogP contribution in [0.3, 0.4) is 0 Å². The van der Waals surface area contributed by atoms with Gasteiger partial charge in [0, 0.05) is 10.7 Å². The van der Waals surface area contributed by atoms with Gasteiger partial charge in [-0.2, -0.15) is 0 Å². The maximum Gasteiger partial charge on any atom is 0.353 e. The molecule has 0 radical (unpaired) electrons. The number of hydrogen-bond donors (Lipinski definition) is 2. The summed E-state index contributed by atoms with van der Waals surface area (Å²) >= 11 is 4.06. The van der Waals surface area contributed by atoms with Gasteiger partial charge in [-0.3, -0.25) is 14.5 Å². The normalized spacial score (nSPS) is 23.8. The summed E-state index contributed by atoms with van der Waals surface area (Å²) in [5.41, 5.74) is 0.342. The van der Waals surface area contributed by atoms with Gasteiger partial charge in [0.1, 0.15) is 22.1 Å². The van der Waals surface area contributed by atoms with Crippen LogP contribution in [0, 0.1) is 6.92 Å². The highest BCUT2D eigenvalue weighted by Gasteiger charge is 2.58. The van der Waals surface area contributed by atoms with Crippen molar-refractivity contribution in [1.29, 1.82) is 0 Å². The molecule has 5 rings (SSSR count). The topological polar surface area (TPSA) is 112 Å². The van der Waals surface area contributed by atoms with Crippen LogP contribution in [0.2, 0.25) is 0 Å². The Balaban J connectivity index is 1.34. The Labute approximate surface area is 190 Å². The van der Waals surface area contributed by atoms with E-state index in [0.717, 1.165) is 23.4 Å².